The van der Waals surface area contributed by atoms with Gasteiger partial charge in [-0.25, -0.2) is 0 Å². The number of rotatable bonds is 5. The second kappa shape index (κ2) is 8.42. The van der Waals surface area contributed by atoms with Gasteiger partial charge in [0.25, 0.3) is 11.6 Å². The van der Waals surface area contributed by atoms with E-state index in [-0.39, 0.29) is 17.0 Å². The van der Waals surface area contributed by atoms with Crippen molar-refractivity contribution in [3.8, 4) is 28.9 Å². The van der Waals surface area contributed by atoms with Crippen molar-refractivity contribution in [2.24, 2.45) is 0 Å². The number of nitriles is 1. The van der Waals surface area contributed by atoms with Crippen molar-refractivity contribution in [2.45, 2.75) is 0 Å². The van der Waals surface area contributed by atoms with Gasteiger partial charge in [0, 0.05) is 35.5 Å². The quantitative estimate of drug-likeness (QED) is 0.285. The molecule has 0 spiro atoms. The van der Waals surface area contributed by atoms with Crippen LogP contribution in [0.2, 0.25) is 0 Å². The number of fused-ring (bicyclic) bond motifs is 1. The summed E-state index contributed by atoms with van der Waals surface area (Å²) >= 11 is 0. The Balaban J connectivity index is 1.52. The predicted molar refractivity (Wildman–Crippen MR) is 110 cm³/mol. The van der Waals surface area contributed by atoms with Gasteiger partial charge in [-0.05, 0) is 24.3 Å². The largest absolute Gasteiger partial charge is 0.486 e. The second-order valence-corrected chi connectivity index (χ2v) is 6.49. The van der Waals surface area contributed by atoms with Crippen molar-refractivity contribution >= 4 is 23.4 Å². The van der Waals surface area contributed by atoms with Gasteiger partial charge in [-0.15, -0.1) is 0 Å². The number of carbonyl (C=O) groups excluding carboxylic acids is 1. The number of nitro groups is 1. The van der Waals surface area contributed by atoms with Crippen LogP contribution in [-0.4, -0.2) is 24.0 Å². The fourth-order valence-electron chi connectivity index (χ4n) is 2.97. The van der Waals surface area contributed by atoms with Gasteiger partial charge in [-0.1, -0.05) is 12.1 Å². The number of anilines is 1. The fraction of sp³-hybridized carbons (Fsp3) is 0.0909. The Morgan fingerprint density at radius 3 is 2.68 bits per heavy atom. The molecular formula is C22H15N3O6. The Labute approximate surface area is 176 Å². The van der Waals surface area contributed by atoms with Gasteiger partial charge >= 0.3 is 0 Å². The molecule has 154 valence electrons. The van der Waals surface area contributed by atoms with Crippen molar-refractivity contribution < 1.29 is 23.6 Å². The van der Waals surface area contributed by atoms with Crippen LogP contribution in [0.5, 0.6) is 11.5 Å². The molecule has 0 aliphatic carbocycles. The summed E-state index contributed by atoms with van der Waals surface area (Å²) in [5.41, 5.74) is 0.720. The van der Waals surface area contributed by atoms with Crippen LogP contribution >= 0.6 is 0 Å². The number of nitrogens with one attached hydrogen (secondary N) is 1. The van der Waals surface area contributed by atoms with Gasteiger partial charge in [0.15, 0.2) is 11.5 Å². The lowest BCUT2D eigenvalue weighted by Crippen LogP contribution is -2.17. The average molecular weight is 417 g/mol. The molecule has 0 saturated carbocycles. The molecule has 0 bridgehead atoms. The molecule has 2 aromatic carbocycles. The Morgan fingerprint density at radius 2 is 1.90 bits per heavy atom. The molecule has 9 heteroatoms. The van der Waals surface area contributed by atoms with E-state index in [1.165, 1.54) is 18.2 Å². The van der Waals surface area contributed by atoms with Crippen LogP contribution in [0, 0.1) is 21.4 Å². The molecule has 1 amide bonds. The minimum Gasteiger partial charge on any atom is -0.486 e. The van der Waals surface area contributed by atoms with E-state index in [9.17, 15) is 20.2 Å². The Hall–Kier alpha value is -4.58. The summed E-state index contributed by atoms with van der Waals surface area (Å²) in [7, 11) is 0. The molecule has 1 aliphatic rings. The molecule has 1 aliphatic heterocycles. The molecule has 3 aromatic rings. The molecular weight excluding hydrogens is 402 g/mol. The van der Waals surface area contributed by atoms with Gasteiger partial charge in [0.05, 0.1) is 4.92 Å². The second-order valence-electron chi connectivity index (χ2n) is 6.49. The summed E-state index contributed by atoms with van der Waals surface area (Å²) in [6.07, 6.45) is 1.30. The number of hydrogen-bond acceptors (Lipinski definition) is 7. The van der Waals surface area contributed by atoms with E-state index in [0.717, 1.165) is 0 Å². The molecule has 1 N–H and O–H groups in total. The van der Waals surface area contributed by atoms with Crippen LogP contribution in [-0.2, 0) is 4.79 Å². The SMILES string of the molecule is N#C/C(=C\c1ccc(-c2cccc([N+](=O)[O-])c2)o1)C(=O)Nc1ccc2c(c1)OCCO2. The molecule has 0 atom stereocenters. The zero-order chi connectivity index (χ0) is 21.8. The number of carbonyl (C=O) groups is 1. The topological polar surface area (TPSA) is 128 Å². The van der Waals surface area contributed by atoms with Crippen molar-refractivity contribution in [3.05, 3.63) is 76.0 Å². The molecule has 9 nitrogen and oxygen atoms in total. The van der Waals surface area contributed by atoms with Crippen LogP contribution in [0.15, 0.2) is 64.6 Å². The lowest BCUT2D eigenvalue weighted by Gasteiger charge is -2.18. The van der Waals surface area contributed by atoms with Crippen molar-refractivity contribution in [1.82, 2.24) is 0 Å². The molecule has 0 saturated heterocycles. The van der Waals surface area contributed by atoms with Crippen LogP contribution in [0.3, 0.4) is 0 Å². The summed E-state index contributed by atoms with van der Waals surface area (Å²) in [5.74, 6) is 1.12. The summed E-state index contributed by atoms with van der Waals surface area (Å²) in [6.45, 7) is 0.876. The number of benzene rings is 2. The normalized spacial score (nSPS) is 12.7. The van der Waals surface area contributed by atoms with Crippen molar-refractivity contribution in [3.63, 3.8) is 0 Å². The van der Waals surface area contributed by atoms with Crippen LogP contribution in [0.25, 0.3) is 17.4 Å². The first-order valence-electron chi connectivity index (χ1n) is 9.21. The Bertz CT molecular complexity index is 1240. The maximum absolute atomic E-state index is 12.5. The number of non-ortho nitro benzene ring substituents is 1. The van der Waals surface area contributed by atoms with Gasteiger partial charge in [0.2, 0.25) is 0 Å². The number of nitro benzene ring substituents is 1. The summed E-state index contributed by atoms with van der Waals surface area (Å²) in [4.78, 5) is 23.0. The lowest BCUT2D eigenvalue weighted by atomic mass is 10.1. The maximum atomic E-state index is 12.5. The monoisotopic (exact) mass is 417 g/mol. The highest BCUT2D eigenvalue weighted by Crippen LogP contribution is 2.33. The number of furan rings is 1. The highest BCUT2D eigenvalue weighted by Gasteiger charge is 2.16. The average Bonchev–Trinajstić information content (AvgIpc) is 3.26. The molecule has 0 fully saturated rings. The molecule has 31 heavy (non-hydrogen) atoms. The number of nitrogens with zero attached hydrogens (tertiary/aromatic N) is 2. The first-order chi connectivity index (χ1) is 15.0. The summed E-state index contributed by atoms with van der Waals surface area (Å²) in [6, 6.07) is 16.0. The Morgan fingerprint density at radius 1 is 1.10 bits per heavy atom. The van der Waals surface area contributed by atoms with Gasteiger partial charge in [0.1, 0.15) is 36.4 Å². The summed E-state index contributed by atoms with van der Waals surface area (Å²) < 4.78 is 16.6. The molecule has 4 rings (SSSR count). The summed E-state index contributed by atoms with van der Waals surface area (Å²) in [5, 5.41) is 23.0. The van der Waals surface area contributed by atoms with Crippen LogP contribution in [0.4, 0.5) is 11.4 Å². The Kier molecular flexibility index (Phi) is 5.36. The first kappa shape index (κ1) is 19.7. The number of amides is 1. The number of ether oxygens (including phenoxy) is 2. The fourth-order valence-corrected chi connectivity index (χ4v) is 2.97. The third-order valence-corrected chi connectivity index (χ3v) is 4.42. The molecule has 1 aromatic heterocycles. The maximum Gasteiger partial charge on any atom is 0.270 e. The zero-order valence-electron chi connectivity index (χ0n) is 16.0. The minimum atomic E-state index is -0.618. The lowest BCUT2D eigenvalue weighted by molar-refractivity contribution is -0.384. The molecule has 0 unspecified atom stereocenters. The standard InChI is InChI=1S/C22H15N3O6/c23-13-15(22(26)24-16-4-6-20-21(12-16)30-9-8-29-20)11-18-5-7-19(31-18)14-2-1-3-17(10-14)25(27)28/h1-7,10-12H,8-9H2,(H,24,26)/b15-11+. The van der Waals surface area contributed by atoms with Gasteiger partial charge in [-0.2, -0.15) is 5.26 Å². The third kappa shape index (κ3) is 4.38. The van der Waals surface area contributed by atoms with E-state index >= 15 is 0 Å². The van der Waals surface area contributed by atoms with E-state index in [2.05, 4.69) is 5.32 Å². The van der Waals surface area contributed by atoms with Crippen LogP contribution in [0.1, 0.15) is 5.76 Å². The van der Waals surface area contributed by atoms with E-state index < -0.39 is 10.8 Å². The molecule has 2 heterocycles. The molecule has 0 radical (unpaired) electrons. The van der Waals surface area contributed by atoms with Crippen molar-refractivity contribution in [2.75, 3.05) is 18.5 Å². The van der Waals surface area contributed by atoms with Gasteiger partial charge in [-0.3, -0.25) is 14.9 Å². The van der Waals surface area contributed by atoms with E-state index in [0.29, 0.717) is 41.7 Å². The zero-order valence-corrected chi connectivity index (χ0v) is 16.0. The predicted octanol–water partition coefficient (Wildman–Crippen LogP) is 4.17. The smallest absolute Gasteiger partial charge is 0.270 e. The number of hydrogen-bond donors (Lipinski definition) is 1. The van der Waals surface area contributed by atoms with E-state index in [1.54, 1.807) is 42.5 Å². The van der Waals surface area contributed by atoms with E-state index in [1.807, 2.05) is 6.07 Å². The van der Waals surface area contributed by atoms with Crippen molar-refractivity contribution in [1.29, 1.82) is 5.26 Å². The van der Waals surface area contributed by atoms with Gasteiger partial charge < -0.3 is 19.2 Å². The third-order valence-electron chi connectivity index (χ3n) is 4.42. The highest BCUT2D eigenvalue weighted by molar-refractivity contribution is 6.09. The minimum absolute atomic E-state index is 0.0671. The van der Waals surface area contributed by atoms with Crippen LogP contribution < -0.4 is 14.8 Å². The van der Waals surface area contributed by atoms with E-state index in [4.69, 9.17) is 13.9 Å². The first-order valence-corrected chi connectivity index (χ1v) is 9.21. The highest BCUT2D eigenvalue weighted by atomic mass is 16.6.